The highest BCUT2D eigenvalue weighted by molar-refractivity contribution is 6.04. The molecule has 1 atom stereocenters. The van der Waals surface area contributed by atoms with Crippen molar-refractivity contribution in [2.24, 2.45) is 0 Å². The third kappa shape index (κ3) is 4.45. The van der Waals surface area contributed by atoms with Gasteiger partial charge in [-0.25, -0.2) is 4.79 Å². The maximum Gasteiger partial charge on any atom is 0.339 e. The molecule has 0 amide bonds. The number of aromatic amines is 1. The number of ketones is 1. The van der Waals surface area contributed by atoms with E-state index in [1.165, 1.54) is 14.0 Å². The van der Waals surface area contributed by atoms with E-state index in [0.29, 0.717) is 16.8 Å². The van der Waals surface area contributed by atoms with E-state index in [-0.39, 0.29) is 17.9 Å². The number of hydrogen-bond acceptors (Lipinski definition) is 5. The number of methoxy groups -OCH3 is 1. The highest BCUT2D eigenvalue weighted by Gasteiger charge is 2.27. The second kappa shape index (κ2) is 8.20. The number of ether oxygens (including phenoxy) is 2. The average molecular weight is 371 g/mol. The number of carbonyl (C=O) groups is 3. The Bertz CT molecular complexity index is 894. The van der Waals surface area contributed by atoms with Crippen LogP contribution in [0.3, 0.4) is 0 Å². The van der Waals surface area contributed by atoms with E-state index in [1.54, 1.807) is 13.8 Å². The van der Waals surface area contributed by atoms with E-state index in [9.17, 15) is 14.4 Å². The lowest BCUT2D eigenvalue weighted by Gasteiger charge is -2.13. The molecule has 1 aromatic heterocycles. The SMILES string of the molecule is COC(=O)c1c(C)[nH]c(C(=O)[C@@H](C)OC(=O)Cc2ccc(C)c(C)c2)c1C. The van der Waals surface area contributed by atoms with Crippen molar-refractivity contribution in [3.05, 3.63) is 57.4 Å². The van der Waals surface area contributed by atoms with Gasteiger partial charge in [0, 0.05) is 5.69 Å². The zero-order valence-electron chi connectivity index (χ0n) is 16.6. The first-order valence-electron chi connectivity index (χ1n) is 8.73. The number of aromatic nitrogens is 1. The van der Waals surface area contributed by atoms with Crippen molar-refractivity contribution >= 4 is 17.7 Å². The molecular weight excluding hydrogens is 346 g/mol. The first-order valence-corrected chi connectivity index (χ1v) is 8.73. The maximum atomic E-state index is 12.7. The van der Waals surface area contributed by atoms with Crippen LogP contribution in [-0.2, 0) is 20.7 Å². The lowest BCUT2D eigenvalue weighted by atomic mass is 10.0. The zero-order valence-corrected chi connectivity index (χ0v) is 16.6. The molecule has 2 aromatic rings. The molecule has 0 aliphatic rings. The van der Waals surface area contributed by atoms with Crippen LogP contribution in [0.5, 0.6) is 0 Å². The summed E-state index contributed by atoms with van der Waals surface area (Å²) in [7, 11) is 1.28. The van der Waals surface area contributed by atoms with Crippen LogP contribution in [0.25, 0.3) is 0 Å². The molecule has 0 spiro atoms. The summed E-state index contributed by atoms with van der Waals surface area (Å²) >= 11 is 0. The molecule has 0 aliphatic carbocycles. The van der Waals surface area contributed by atoms with Crippen LogP contribution in [0.2, 0.25) is 0 Å². The van der Waals surface area contributed by atoms with E-state index in [1.807, 2.05) is 32.0 Å². The Balaban J connectivity index is 2.10. The van der Waals surface area contributed by atoms with E-state index < -0.39 is 18.0 Å². The van der Waals surface area contributed by atoms with Gasteiger partial charge in [0.25, 0.3) is 0 Å². The second-order valence-electron chi connectivity index (χ2n) is 6.71. The normalized spacial score (nSPS) is 11.8. The topological polar surface area (TPSA) is 85.5 Å². The van der Waals surface area contributed by atoms with Gasteiger partial charge in [0.05, 0.1) is 24.8 Å². The fourth-order valence-electron chi connectivity index (χ4n) is 2.98. The molecule has 0 fully saturated rings. The van der Waals surface area contributed by atoms with Gasteiger partial charge in [-0.05, 0) is 56.9 Å². The lowest BCUT2D eigenvalue weighted by molar-refractivity contribution is -0.145. The van der Waals surface area contributed by atoms with Crippen LogP contribution in [0.4, 0.5) is 0 Å². The fraction of sp³-hybridized carbons (Fsp3) is 0.381. The third-order valence-corrected chi connectivity index (χ3v) is 4.67. The predicted molar refractivity (Wildman–Crippen MR) is 101 cm³/mol. The summed E-state index contributed by atoms with van der Waals surface area (Å²) in [6.07, 6.45) is -0.874. The van der Waals surface area contributed by atoms with Gasteiger partial charge >= 0.3 is 11.9 Å². The molecule has 6 heteroatoms. The smallest absolute Gasteiger partial charge is 0.339 e. The van der Waals surface area contributed by atoms with Gasteiger partial charge in [-0.1, -0.05) is 18.2 Å². The molecular formula is C21H25NO5. The van der Waals surface area contributed by atoms with Gasteiger partial charge in [0.1, 0.15) is 0 Å². The maximum absolute atomic E-state index is 12.7. The summed E-state index contributed by atoms with van der Waals surface area (Å²) < 4.78 is 10.1. The van der Waals surface area contributed by atoms with Gasteiger partial charge in [0.15, 0.2) is 6.10 Å². The number of rotatable bonds is 6. The highest BCUT2D eigenvalue weighted by atomic mass is 16.5. The summed E-state index contributed by atoms with van der Waals surface area (Å²) in [5.41, 5.74) is 4.68. The van der Waals surface area contributed by atoms with Crippen LogP contribution >= 0.6 is 0 Å². The molecule has 0 saturated heterocycles. The quantitative estimate of drug-likeness (QED) is 0.621. The lowest BCUT2D eigenvalue weighted by Crippen LogP contribution is -2.26. The van der Waals surface area contributed by atoms with E-state index in [4.69, 9.17) is 9.47 Å². The van der Waals surface area contributed by atoms with Crippen molar-refractivity contribution in [3.63, 3.8) is 0 Å². The number of benzene rings is 1. The Labute approximate surface area is 158 Å². The van der Waals surface area contributed by atoms with Crippen LogP contribution in [-0.4, -0.2) is 35.9 Å². The first kappa shape index (κ1) is 20.4. The number of hydrogen-bond donors (Lipinski definition) is 1. The monoisotopic (exact) mass is 371 g/mol. The van der Waals surface area contributed by atoms with Crippen LogP contribution < -0.4 is 0 Å². The predicted octanol–water partition coefficient (Wildman–Crippen LogP) is 3.39. The standard InChI is InChI=1S/C21H25NO5/c1-11-7-8-16(9-12(11)2)10-17(23)27-15(5)20(24)19-13(3)18(14(4)22-19)21(25)26-6/h7-9,15,22H,10H2,1-6H3/t15-/m1/s1. The second-order valence-corrected chi connectivity index (χ2v) is 6.71. The Hall–Kier alpha value is -2.89. The number of carbonyl (C=O) groups excluding carboxylic acids is 3. The Morgan fingerprint density at radius 3 is 2.33 bits per heavy atom. The summed E-state index contributed by atoms with van der Waals surface area (Å²) in [5.74, 6) is -1.38. The van der Waals surface area contributed by atoms with Crippen LogP contribution in [0.1, 0.15) is 55.7 Å². The Morgan fingerprint density at radius 1 is 1.07 bits per heavy atom. The molecule has 0 unspecified atom stereocenters. The fourth-order valence-corrected chi connectivity index (χ4v) is 2.98. The molecule has 0 aliphatic heterocycles. The molecule has 1 N–H and O–H groups in total. The summed E-state index contributed by atoms with van der Waals surface area (Å²) in [6.45, 7) is 8.85. The van der Waals surface area contributed by atoms with Crippen molar-refractivity contribution in [2.45, 2.75) is 47.1 Å². The van der Waals surface area contributed by atoms with Crippen LogP contribution in [0, 0.1) is 27.7 Å². The van der Waals surface area contributed by atoms with Gasteiger partial charge in [0.2, 0.25) is 5.78 Å². The molecule has 1 heterocycles. The summed E-state index contributed by atoms with van der Waals surface area (Å²) in [6, 6.07) is 5.76. The molecule has 2 rings (SSSR count). The number of nitrogens with one attached hydrogen (secondary N) is 1. The Kier molecular flexibility index (Phi) is 6.20. The van der Waals surface area contributed by atoms with Gasteiger partial charge in [-0.2, -0.15) is 0 Å². The summed E-state index contributed by atoms with van der Waals surface area (Å²) in [4.78, 5) is 39.6. The molecule has 27 heavy (non-hydrogen) atoms. The van der Waals surface area contributed by atoms with Crippen molar-refractivity contribution < 1.29 is 23.9 Å². The number of H-pyrrole nitrogens is 1. The van der Waals surface area contributed by atoms with Crippen molar-refractivity contribution in [1.82, 2.24) is 4.98 Å². The number of Topliss-reactive ketones (excluding diaryl/α,β-unsaturated/α-hetero) is 1. The van der Waals surface area contributed by atoms with Crippen molar-refractivity contribution in [3.8, 4) is 0 Å². The minimum atomic E-state index is -0.966. The van der Waals surface area contributed by atoms with Crippen molar-refractivity contribution in [2.75, 3.05) is 7.11 Å². The van der Waals surface area contributed by atoms with E-state index >= 15 is 0 Å². The minimum absolute atomic E-state index is 0.0921. The van der Waals surface area contributed by atoms with Crippen LogP contribution in [0.15, 0.2) is 18.2 Å². The van der Waals surface area contributed by atoms with Gasteiger partial charge < -0.3 is 14.5 Å². The highest BCUT2D eigenvalue weighted by Crippen LogP contribution is 2.21. The zero-order chi connectivity index (χ0) is 20.3. The first-order chi connectivity index (χ1) is 12.6. The molecule has 6 nitrogen and oxygen atoms in total. The molecule has 1 aromatic carbocycles. The largest absolute Gasteiger partial charge is 0.465 e. The van der Waals surface area contributed by atoms with E-state index in [2.05, 4.69) is 4.98 Å². The number of esters is 2. The molecule has 0 radical (unpaired) electrons. The van der Waals surface area contributed by atoms with Gasteiger partial charge in [-0.3, -0.25) is 9.59 Å². The van der Waals surface area contributed by atoms with Crippen molar-refractivity contribution in [1.29, 1.82) is 0 Å². The molecule has 144 valence electrons. The third-order valence-electron chi connectivity index (χ3n) is 4.67. The van der Waals surface area contributed by atoms with Gasteiger partial charge in [-0.15, -0.1) is 0 Å². The number of aryl methyl sites for hydroxylation is 3. The molecule has 0 saturated carbocycles. The van der Waals surface area contributed by atoms with E-state index in [0.717, 1.165) is 16.7 Å². The Morgan fingerprint density at radius 2 is 1.74 bits per heavy atom. The molecule has 0 bridgehead atoms. The average Bonchev–Trinajstić information content (AvgIpc) is 2.91. The minimum Gasteiger partial charge on any atom is -0.465 e. The summed E-state index contributed by atoms with van der Waals surface area (Å²) in [5, 5.41) is 0.